The van der Waals surface area contributed by atoms with Gasteiger partial charge >= 0.3 is 0 Å². The van der Waals surface area contributed by atoms with E-state index in [-0.39, 0.29) is 18.2 Å². The number of hydroxylamine groups is 2. The van der Waals surface area contributed by atoms with Crippen molar-refractivity contribution < 1.29 is 14.7 Å². The zero-order valence-corrected chi connectivity index (χ0v) is 8.07. The lowest BCUT2D eigenvalue weighted by Crippen LogP contribution is -2.30. The highest BCUT2D eigenvalue weighted by molar-refractivity contribution is 5.75. The summed E-state index contributed by atoms with van der Waals surface area (Å²) >= 11 is 0. The fourth-order valence-corrected chi connectivity index (χ4v) is 0.645. The summed E-state index contributed by atoms with van der Waals surface area (Å²) < 4.78 is 0. The molecule has 0 fully saturated rings. The van der Waals surface area contributed by atoms with Crippen LogP contribution in [0.5, 0.6) is 0 Å². The third-order valence-corrected chi connectivity index (χ3v) is 1.78. The molecule has 0 aromatic rings. The van der Waals surface area contributed by atoms with Crippen molar-refractivity contribution in [2.24, 2.45) is 5.92 Å². The van der Waals surface area contributed by atoms with Crippen molar-refractivity contribution in [2.75, 3.05) is 14.2 Å². The standard InChI is InChI=1S/C8H17NO3/c1-6(2)7(10)5-8(11)9(3)12-4/h6-7,10H,5H2,1-4H3/t7-/m0/s1. The molecule has 0 saturated heterocycles. The molecule has 0 rings (SSSR count). The fraction of sp³-hybridized carbons (Fsp3) is 0.875. The normalized spacial score (nSPS) is 13.2. The van der Waals surface area contributed by atoms with Gasteiger partial charge in [-0.1, -0.05) is 13.8 Å². The van der Waals surface area contributed by atoms with Gasteiger partial charge in [-0.25, -0.2) is 5.06 Å². The van der Waals surface area contributed by atoms with E-state index < -0.39 is 6.10 Å². The molecule has 0 spiro atoms. The average molecular weight is 175 g/mol. The SMILES string of the molecule is CON(C)C(=O)C[C@H](O)C(C)C. The Kier molecular flexibility index (Phi) is 4.85. The topological polar surface area (TPSA) is 49.8 Å². The van der Waals surface area contributed by atoms with Crippen LogP contribution in [0, 0.1) is 5.92 Å². The Morgan fingerprint density at radius 2 is 2.08 bits per heavy atom. The van der Waals surface area contributed by atoms with Crippen LogP contribution in [-0.4, -0.2) is 36.3 Å². The molecule has 0 aliphatic heterocycles. The maximum absolute atomic E-state index is 11.1. The van der Waals surface area contributed by atoms with Crippen molar-refractivity contribution in [1.82, 2.24) is 5.06 Å². The number of amides is 1. The Labute approximate surface area is 73.1 Å². The van der Waals surface area contributed by atoms with Gasteiger partial charge in [0.25, 0.3) is 0 Å². The minimum atomic E-state index is -0.588. The van der Waals surface area contributed by atoms with Gasteiger partial charge in [0.1, 0.15) is 0 Å². The summed E-state index contributed by atoms with van der Waals surface area (Å²) in [6, 6.07) is 0. The van der Waals surface area contributed by atoms with Crippen molar-refractivity contribution in [3.05, 3.63) is 0 Å². The van der Waals surface area contributed by atoms with Crippen LogP contribution in [-0.2, 0) is 9.63 Å². The Hall–Kier alpha value is -0.610. The van der Waals surface area contributed by atoms with Crippen molar-refractivity contribution in [3.63, 3.8) is 0 Å². The van der Waals surface area contributed by atoms with Gasteiger partial charge in [0.05, 0.1) is 19.6 Å². The molecular formula is C8H17NO3. The maximum atomic E-state index is 11.1. The second-order valence-electron chi connectivity index (χ2n) is 3.09. The molecule has 4 nitrogen and oxygen atoms in total. The Morgan fingerprint density at radius 3 is 2.42 bits per heavy atom. The molecule has 0 aliphatic rings. The number of carbonyl (C=O) groups excluding carboxylic acids is 1. The minimum Gasteiger partial charge on any atom is -0.392 e. The average Bonchev–Trinajstić information content (AvgIpc) is 2.02. The van der Waals surface area contributed by atoms with Gasteiger partial charge < -0.3 is 5.11 Å². The van der Waals surface area contributed by atoms with Crippen molar-refractivity contribution in [2.45, 2.75) is 26.4 Å². The molecule has 0 saturated carbocycles. The van der Waals surface area contributed by atoms with Gasteiger partial charge in [-0.15, -0.1) is 0 Å². The molecule has 1 N–H and O–H groups in total. The number of rotatable bonds is 4. The number of hydrogen-bond acceptors (Lipinski definition) is 3. The van der Waals surface area contributed by atoms with E-state index in [1.54, 1.807) is 0 Å². The number of aliphatic hydroxyl groups is 1. The molecule has 0 bridgehead atoms. The smallest absolute Gasteiger partial charge is 0.248 e. The molecule has 72 valence electrons. The number of hydrogen-bond donors (Lipinski definition) is 1. The van der Waals surface area contributed by atoms with Gasteiger partial charge in [-0.2, -0.15) is 0 Å². The van der Waals surface area contributed by atoms with Crippen LogP contribution in [0.2, 0.25) is 0 Å². The first-order valence-corrected chi connectivity index (χ1v) is 3.97. The summed E-state index contributed by atoms with van der Waals surface area (Å²) in [6.07, 6.45) is -0.475. The third kappa shape index (κ3) is 3.69. The molecule has 12 heavy (non-hydrogen) atoms. The van der Waals surface area contributed by atoms with Gasteiger partial charge in [0, 0.05) is 7.05 Å². The third-order valence-electron chi connectivity index (χ3n) is 1.78. The van der Waals surface area contributed by atoms with Crippen LogP contribution >= 0.6 is 0 Å². The van der Waals surface area contributed by atoms with Crippen LogP contribution < -0.4 is 0 Å². The monoisotopic (exact) mass is 175 g/mol. The maximum Gasteiger partial charge on any atom is 0.248 e. The highest BCUT2D eigenvalue weighted by Gasteiger charge is 2.16. The molecule has 0 aromatic heterocycles. The zero-order chi connectivity index (χ0) is 9.72. The van der Waals surface area contributed by atoms with E-state index in [1.165, 1.54) is 14.2 Å². The minimum absolute atomic E-state index is 0.0965. The molecule has 1 amide bonds. The predicted octanol–water partition coefficient (Wildman–Crippen LogP) is 0.413. The largest absolute Gasteiger partial charge is 0.392 e. The second-order valence-corrected chi connectivity index (χ2v) is 3.09. The van der Waals surface area contributed by atoms with E-state index >= 15 is 0 Å². The van der Waals surface area contributed by atoms with E-state index in [4.69, 9.17) is 0 Å². The molecule has 4 heteroatoms. The van der Waals surface area contributed by atoms with Gasteiger partial charge in [0.2, 0.25) is 5.91 Å². The van der Waals surface area contributed by atoms with Crippen molar-refractivity contribution in [1.29, 1.82) is 0 Å². The van der Waals surface area contributed by atoms with Gasteiger partial charge in [0.15, 0.2) is 0 Å². The fourth-order valence-electron chi connectivity index (χ4n) is 0.645. The van der Waals surface area contributed by atoms with Crippen molar-refractivity contribution >= 4 is 5.91 Å². The molecule has 0 aliphatic carbocycles. The lowest BCUT2D eigenvalue weighted by Gasteiger charge is -2.18. The summed E-state index contributed by atoms with van der Waals surface area (Å²) in [6.45, 7) is 3.73. The molecule has 0 aromatic carbocycles. The van der Waals surface area contributed by atoms with E-state index in [0.29, 0.717) is 0 Å². The number of carbonyl (C=O) groups is 1. The van der Waals surface area contributed by atoms with Crippen LogP contribution in [0.15, 0.2) is 0 Å². The summed E-state index contributed by atoms with van der Waals surface area (Å²) in [4.78, 5) is 15.8. The zero-order valence-electron chi connectivity index (χ0n) is 8.07. The van der Waals surface area contributed by atoms with E-state index in [9.17, 15) is 9.90 Å². The number of nitrogens with zero attached hydrogens (tertiary/aromatic N) is 1. The lowest BCUT2D eigenvalue weighted by atomic mass is 10.0. The van der Waals surface area contributed by atoms with Crippen LogP contribution in [0.4, 0.5) is 0 Å². The van der Waals surface area contributed by atoms with E-state index in [1.807, 2.05) is 13.8 Å². The Morgan fingerprint density at radius 1 is 1.58 bits per heavy atom. The van der Waals surface area contributed by atoms with E-state index in [2.05, 4.69) is 4.84 Å². The molecular weight excluding hydrogens is 158 g/mol. The van der Waals surface area contributed by atoms with Crippen molar-refractivity contribution in [3.8, 4) is 0 Å². The van der Waals surface area contributed by atoms with E-state index in [0.717, 1.165) is 5.06 Å². The van der Waals surface area contributed by atoms with Crippen LogP contribution in [0.1, 0.15) is 20.3 Å². The summed E-state index contributed by atoms with van der Waals surface area (Å²) in [5.41, 5.74) is 0. The van der Waals surface area contributed by atoms with Gasteiger partial charge in [-0.3, -0.25) is 9.63 Å². The molecule has 0 radical (unpaired) electrons. The summed E-state index contributed by atoms with van der Waals surface area (Å²) in [5.74, 6) is -0.113. The first-order valence-electron chi connectivity index (χ1n) is 3.97. The number of aliphatic hydroxyl groups excluding tert-OH is 1. The second kappa shape index (κ2) is 5.11. The Balaban J connectivity index is 3.84. The quantitative estimate of drug-likeness (QED) is 0.630. The highest BCUT2D eigenvalue weighted by Crippen LogP contribution is 2.06. The van der Waals surface area contributed by atoms with Gasteiger partial charge in [-0.05, 0) is 5.92 Å². The summed E-state index contributed by atoms with van der Waals surface area (Å²) in [5, 5.41) is 10.5. The Bertz CT molecular complexity index is 147. The van der Waals surface area contributed by atoms with Crippen LogP contribution in [0.3, 0.4) is 0 Å². The molecule has 0 unspecified atom stereocenters. The highest BCUT2D eigenvalue weighted by atomic mass is 16.7. The first kappa shape index (κ1) is 11.4. The predicted molar refractivity (Wildman–Crippen MR) is 45.2 cm³/mol. The van der Waals surface area contributed by atoms with Crippen LogP contribution in [0.25, 0.3) is 0 Å². The molecule has 1 atom stereocenters. The molecule has 0 heterocycles. The lowest BCUT2D eigenvalue weighted by molar-refractivity contribution is -0.171. The first-order chi connectivity index (χ1) is 5.49. The summed E-state index contributed by atoms with van der Waals surface area (Å²) in [7, 11) is 2.94.